The fourth-order valence-electron chi connectivity index (χ4n) is 3.31. The SMILES string of the molecule is Cc1cn([C@H]2C[C@H](O)[C@@H](COP(=O)(O)OP(=O)(O)OC3C[C@H](O)C(=O)[C@@H](C)O3)O2)c(=O)[nH]c1=O. The summed E-state index contributed by atoms with van der Waals surface area (Å²) in [6, 6.07) is 0. The summed E-state index contributed by atoms with van der Waals surface area (Å²) in [4.78, 5) is 56.6. The van der Waals surface area contributed by atoms with Gasteiger partial charge in [-0.2, -0.15) is 4.31 Å². The fourth-order valence-corrected chi connectivity index (χ4v) is 5.47. The number of nitrogens with zero attached hydrogens (tertiary/aromatic N) is 1. The van der Waals surface area contributed by atoms with Gasteiger partial charge in [0.2, 0.25) is 0 Å². The minimum absolute atomic E-state index is 0.129. The van der Waals surface area contributed by atoms with Crippen LogP contribution in [0.15, 0.2) is 15.8 Å². The van der Waals surface area contributed by atoms with E-state index >= 15 is 0 Å². The van der Waals surface area contributed by atoms with Gasteiger partial charge in [0.05, 0.1) is 12.7 Å². The van der Waals surface area contributed by atoms with Crippen molar-refractivity contribution in [3.8, 4) is 0 Å². The zero-order valence-corrected chi connectivity index (χ0v) is 19.7. The molecule has 34 heavy (non-hydrogen) atoms. The number of Topliss-reactive ketones (excluding diaryl/α,β-unsaturated/α-hetero) is 1. The number of aliphatic hydroxyl groups is 2. The molecule has 2 saturated heterocycles. The summed E-state index contributed by atoms with van der Waals surface area (Å²) in [7, 11) is -10.5. The van der Waals surface area contributed by atoms with Crippen molar-refractivity contribution in [3.05, 3.63) is 32.6 Å². The van der Waals surface area contributed by atoms with Crippen LogP contribution in [-0.4, -0.2) is 72.6 Å². The van der Waals surface area contributed by atoms with Crippen molar-refractivity contribution in [2.24, 2.45) is 0 Å². The number of ether oxygens (including phenoxy) is 2. The summed E-state index contributed by atoms with van der Waals surface area (Å²) in [6.07, 6.45) is -7.22. The van der Waals surface area contributed by atoms with Gasteiger partial charge >= 0.3 is 21.3 Å². The number of carbonyl (C=O) groups excluding carboxylic acids is 1. The molecule has 0 spiro atoms. The lowest BCUT2D eigenvalue weighted by Gasteiger charge is -2.30. The summed E-state index contributed by atoms with van der Waals surface area (Å²) in [5.74, 6) is -0.669. The van der Waals surface area contributed by atoms with E-state index in [0.717, 1.165) is 4.57 Å². The molecule has 0 amide bonds. The molecule has 18 heteroatoms. The van der Waals surface area contributed by atoms with Gasteiger partial charge in [-0.1, -0.05) is 0 Å². The third-order valence-corrected chi connectivity index (χ3v) is 7.65. The van der Waals surface area contributed by atoms with Gasteiger partial charge in [0, 0.05) is 24.6 Å². The zero-order chi connectivity index (χ0) is 25.4. The van der Waals surface area contributed by atoms with E-state index in [4.69, 9.17) is 9.47 Å². The monoisotopic (exact) mass is 530 g/mol. The molecule has 0 saturated carbocycles. The molecule has 16 nitrogen and oxygen atoms in total. The third-order valence-electron chi connectivity index (χ3n) is 5.02. The predicted molar refractivity (Wildman–Crippen MR) is 108 cm³/mol. The quantitative estimate of drug-likeness (QED) is 0.249. The lowest BCUT2D eigenvalue weighted by atomic mass is 10.1. The number of aromatic nitrogens is 2. The average Bonchev–Trinajstić information content (AvgIpc) is 3.06. The molecule has 0 aromatic carbocycles. The smallest absolute Gasteiger partial charge is 0.390 e. The van der Waals surface area contributed by atoms with E-state index in [0.29, 0.717) is 0 Å². The maximum atomic E-state index is 12.1. The van der Waals surface area contributed by atoms with Gasteiger partial charge in [0.15, 0.2) is 12.1 Å². The molecular formula is C16H24N2O14P2. The Morgan fingerprint density at radius 2 is 1.82 bits per heavy atom. The van der Waals surface area contributed by atoms with Crippen LogP contribution in [0.2, 0.25) is 0 Å². The summed E-state index contributed by atoms with van der Waals surface area (Å²) >= 11 is 0. The second kappa shape index (κ2) is 10.2. The molecule has 1 aromatic heterocycles. The van der Waals surface area contributed by atoms with Crippen LogP contribution in [0.3, 0.4) is 0 Å². The summed E-state index contributed by atoms with van der Waals surface area (Å²) in [5.41, 5.74) is -1.18. The van der Waals surface area contributed by atoms with Gasteiger partial charge in [-0.25, -0.2) is 13.9 Å². The first-order valence-corrected chi connectivity index (χ1v) is 12.9. The van der Waals surface area contributed by atoms with Crippen LogP contribution < -0.4 is 11.2 Å². The number of aromatic amines is 1. The van der Waals surface area contributed by atoms with E-state index in [1.54, 1.807) is 0 Å². The Balaban J connectivity index is 1.57. The highest BCUT2D eigenvalue weighted by atomic mass is 31.3. The third kappa shape index (κ3) is 6.56. The molecule has 0 bridgehead atoms. The van der Waals surface area contributed by atoms with Crippen LogP contribution >= 0.6 is 15.6 Å². The lowest BCUT2D eigenvalue weighted by Crippen LogP contribution is -2.43. The number of H-pyrrole nitrogens is 1. The van der Waals surface area contributed by atoms with Gasteiger partial charge in [-0.15, -0.1) is 0 Å². The van der Waals surface area contributed by atoms with Gasteiger partial charge in [-0.3, -0.25) is 28.2 Å². The van der Waals surface area contributed by atoms with Gasteiger partial charge in [-0.05, 0) is 13.8 Å². The Bertz CT molecular complexity index is 1120. The number of hydrogen-bond donors (Lipinski definition) is 5. The van der Waals surface area contributed by atoms with Gasteiger partial charge < -0.3 is 29.5 Å². The molecule has 192 valence electrons. The van der Waals surface area contributed by atoms with Crippen molar-refractivity contribution in [3.63, 3.8) is 0 Å². The number of aryl methyl sites for hydroxylation is 1. The normalized spacial score (nSPS) is 33.4. The molecule has 3 unspecified atom stereocenters. The lowest BCUT2D eigenvalue weighted by molar-refractivity contribution is -0.185. The van der Waals surface area contributed by atoms with Crippen LogP contribution in [-0.2, 0) is 36.8 Å². The molecule has 5 N–H and O–H groups in total. The van der Waals surface area contributed by atoms with Gasteiger partial charge in [0.25, 0.3) is 5.56 Å². The second-order valence-corrected chi connectivity index (χ2v) is 10.7. The van der Waals surface area contributed by atoms with E-state index in [9.17, 15) is 43.5 Å². The molecule has 8 atom stereocenters. The van der Waals surface area contributed by atoms with Crippen molar-refractivity contribution < 1.29 is 56.8 Å². The second-order valence-electron chi connectivity index (χ2n) is 7.69. The predicted octanol–water partition coefficient (Wildman–Crippen LogP) is -1.19. The number of aliphatic hydroxyl groups excluding tert-OH is 2. The summed E-state index contributed by atoms with van der Waals surface area (Å²) in [6.45, 7) is 1.94. The Kier molecular flexibility index (Phi) is 8.12. The van der Waals surface area contributed by atoms with Crippen LogP contribution in [0.5, 0.6) is 0 Å². The number of carbonyl (C=O) groups is 1. The maximum absolute atomic E-state index is 12.1. The van der Waals surface area contributed by atoms with E-state index < -0.39 is 82.6 Å². The topological polar surface area (TPSA) is 233 Å². The fraction of sp³-hybridized carbons (Fsp3) is 0.688. The number of rotatable bonds is 8. The van der Waals surface area contributed by atoms with E-state index in [2.05, 4.69) is 18.3 Å². The molecular weight excluding hydrogens is 506 g/mol. The molecule has 1 aromatic rings. The minimum Gasteiger partial charge on any atom is -0.390 e. The van der Waals surface area contributed by atoms with Crippen molar-refractivity contribution in [2.45, 2.75) is 63.6 Å². The van der Waals surface area contributed by atoms with Crippen LogP contribution in [0.4, 0.5) is 0 Å². The average molecular weight is 530 g/mol. The van der Waals surface area contributed by atoms with Crippen molar-refractivity contribution in [1.29, 1.82) is 0 Å². The first kappa shape index (κ1) is 27.0. The van der Waals surface area contributed by atoms with Crippen molar-refractivity contribution >= 4 is 21.4 Å². The molecule has 2 aliphatic rings. The zero-order valence-electron chi connectivity index (χ0n) is 17.9. The molecule has 3 heterocycles. The summed E-state index contributed by atoms with van der Waals surface area (Å²) < 4.78 is 49.1. The maximum Gasteiger partial charge on any atom is 0.483 e. The van der Waals surface area contributed by atoms with Crippen molar-refractivity contribution in [1.82, 2.24) is 9.55 Å². The first-order chi connectivity index (χ1) is 15.7. The van der Waals surface area contributed by atoms with Crippen molar-refractivity contribution in [2.75, 3.05) is 6.61 Å². The highest BCUT2D eigenvalue weighted by molar-refractivity contribution is 7.61. The standard InChI is InChI=1S/C16H24N2O14P2/c1-7-5-18(16(23)17-15(7)22)12-3-9(19)11(30-12)6-28-33(24,25)32-34(26,27)31-13-4-10(20)14(21)8(2)29-13/h5,8-13,19-20H,3-4,6H2,1-2H3,(H,24,25)(H,26,27)(H,17,22,23)/t8-,9+,10+,11-,12-,13?/m1/s1. The highest BCUT2D eigenvalue weighted by Gasteiger charge is 2.43. The van der Waals surface area contributed by atoms with Crippen LogP contribution in [0, 0.1) is 6.92 Å². The molecule has 2 aliphatic heterocycles. The summed E-state index contributed by atoms with van der Waals surface area (Å²) in [5, 5.41) is 19.8. The number of ketones is 1. The molecule has 2 fully saturated rings. The Hall–Kier alpha value is -1.55. The molecule has 0 radical (unpaired) electrons. The number of nitrogens with one attached hydrogen (secondary N) is 1. The molecule has 0 aliphatic carbocycles. The van der Waals surface area contributed by atoms with E-state index in [-0.39, 0.29) is 12.0 Å². The van der Waals surface area contributed by atoms with Crippen LogP contribution in [0.1, 0.15) is 31.6 Å². The number of phosphoric ester groups is 2. The highest BCUT2D eigenvalue weighted by Crippen LogP contribution is 2.61. The first-order valence-electron chi connectivity index (χ1n) is 9.90. The number of hydrogen-bond acceptors (Lipinski definition) is 12. The molecule has 3 rings (SSSR count). The van der Waals surface area contributed by atoms with E-state index in [1.807, 2.05) is 0 Å². The van der Waals surface area contributed by atoms with E-state index in [1.165, 1.54) is 20.0 Å². The Morgan fingerprint density at radius 3 is 2.47 bits per heavy atom. The minimum atomic E-state index is -5.28. The van der Waals surface area contributed by atoms with Crippen LogP contribution in [0.25, 0.3) is 0 Å². The Labute approximate surface area is 191 Å². The number of phosphoric acid groups is 2. The Morgan fingerprint density at radius 1 is 1.15 bits per heavy atom. The van der Waals surface area contributed by atoms with Gasteiger partial charge in [0.1, 0.15) is 24.5 Å². The largest absolute Gasteiger partial charge is 0.483 e.